The molecular formula is C47H45ClN24. The fourth-order valence-electron chi connectivity index (χ4n) is 5.85. The first-order valence-electron chi connectivity index (χ1n) is 21.7. The second-order valence-corrected chi connectivity index (χ2v) is 15.6. The number of H-pyrrole nitrogens is 6. The highest BCUT2D eigenvalue weighted by Crippen LogP contribution is 2.23. The quantitative estimate of drug-likeness (QED) is 0.0945. The third-order valence-corrected chi connectivity index (χ3v) is 10.1. The van der Waals surface area contributed by atoms with Crippen LogP contribution in [0.25, 0.3) is 68.3 Å². The molecule has 24 nitrogen and oxygen atoms in total. The maximum Gasteiger partial charge on any atom is 0.206 e. The van der Waals surface area contributed by atoms with Gasteiger partial charge in [-0.3, -0.25) is 0 Å². The molecule has 0 unspecified atom stereocenters. The van der Waals surface area contributed by atoms with Crippen LogP contribution >= 0.6 is 11.6 Å². The van der Waals surface area contributed by atoms with Gasteiger partial charge in [-0.2, -0.15) is 31.3 Å². The average molecular weight is 981 g/mol. The predicted molar refractivity (Wildman–Crippen MR) is 266 cm³/mol. The summed E-state index contributed by atoms with van der Waals surface area (Å²) in [6.45, 7) is 10.2. The third-order valence-electron chi connectivity index (χ3n) is 9.74. The molecule has 0 saturated heterocycles. The molecule has 6 N–H and O–H groups in total. The second kappa shape index (κ2) is 26.0. The van der Waals surface area contributed by atoms with Crippen LogP contribution in [0.15, 0.2) is 146 Å². The van der Waals surface area contributed by atoms with Crippen LogP contribution in [0.4, 0.5) is 0 Å². The van der Waals surface area contributed by atoms with Gasteiger partial charge in [-0.25, -0.2) is 0 Å². The van der Waals surface area contributed by atoms with Crippen LogP contribution in [0.5, 0.6) is 0 Å². The molecule has 6 aromatic heterocycles. The van der Waals surface area contributed by atoms with Crippen molar-refractivity contribution in [2.24, 2.45) is 0 Å². The Balaban J connectivity index is 0.000000127. The maximum atomic E-state index is 5.89. The van der Waals surface area contributed by atoms with Crippen molar-refractivity contribution in [3.05, 3.63) is 178 Å². The van der Waals surface area contributed by atoms with Crippen LogP contribution in [0.3, 0.4) is 0 Å². The number of nitrogens with zero attached hydrogens (tertiary/aromatic N) is 18. The normalized spacial score (nSPS) is 10.1. The first-order chi connectivity index (χ1) is 35.2. The molecule has 12 rings (SSSR count). The van der Waals surface area contributed by atoms with Crippen molar-refractivity contribution in [3.63, 3.8) is 0 Å². The summed E-state index contributed by atoms with van der Waals surface area (Å²) < 4.78 is 0. The van der Waals surface area contributed by atoms with Gasteiger partial charge in [-0.15, -0.1) is 61.2 Å². The standard InChI is InChI=1S/5C8H8N4.C7H5ClN4/c5*1-6-2-4-7(5-3-6)8-9-11-12-10-8;8-6-4-2-1-3-5(6)7-9-11-12-10-7/h5*2-5H,1H3,(H,9,10,11,12);1-4H,(H,9,10,11,12). The Morgan fingerprint density at radius 2 is 0.472 bits per heavy atom. The van der Waals surface area contributed by atoms with Gasteiger partial charge in [-0.05, 0) is 78.0 Å². The summed E-state index contributed by atoms with van der Waals surface area (Å²) in [5.74, 6) is 3.69. The van der Waals surface area contributed by atoms with Gasteiger partial charge in [-0.1, -0.05) is 173 Å². The van der Waals surface area contributed by atoms with Gasteiger partial charge in [0.2, 0.25) is 34.9 Å². The Labute approximate surface area is 415 Å². The largest absolute Gasteiger partial charge is 0.206 e. The van der Waals surface area contributed by atoms with Gasteiger partial charge in [0.1, 0.15) is 0 Å². The Morgan fingerprint density at radius 3 is 0.667 bits per heavy atom. The fourth-order valence-corrected chi connectivity index (χ4v) is 6.07. The molecule has 0 aliphatic carbocycles. The van der Waals surface area contributed by atoms with Crippen molar-refractivity contribution in [2.45, 2.75) is 34.6 Å². The van der Waals surface area contributed by atoms with E-state index in [9.17, 15) is 0 Å². The molecule has 0 aliphatic heterocycles. The lowest BCUT2D eigenvalue weighted by molar-refractivity contribution is 0.881. The molecule has 0 aliphatic rings. The molecule has 0 bridgehead atoms. The highest BCUT2D eigenvalue weighted by Gasteiger charge is 2.06. The number of aromatic nitrogens is 24. The van der Waals surface area contributed by atoms with Crippen molar-refractivity contribution in [2.75, 3.05) is 0 Å². The lowest BCUT2D eigenvalue weighted by atomic mass is 10.1. The number of hydrogen-bond acceptors (Lipinski definition) is 18. The second-order valence-electron chi connectivity index (χ2n) is 15.2. The van der Waals surface area contributed by atoms with E-state index in [1.807, 2.05) is 174 Å². The molecule has 0 spiro atoms. The monoisotopic (exact) mass is 980 g/mol. The molecule has 0 amide bonds. The lowest BCUT2D eigenvalue weighted by Crippen LogP contribution is -1.81. The van der Waals surface area contributed by atoms with E-state index in [4.69, 9.17) is 11.6 Å². The zero-order valence-corrected chi connectivity index (χ0v) is 40.0. The minimum atomic E-state index is 0.514. The van der Waals surface area contributed by atoms with Gasteiger partial charge in [0.25, 0.3) is 0 Å². The predicted octanol–water partition coefficient (Wildman–Crippen LogP) is 7.40. The summed E-state index contributed by atoms with van der Waals surface area (Å²) in [4.78, 5) is 0. The van der Waals surface area contributed by atoms with Gasteiger partial charge in [0.05, 0.1) is 5.02 Å². The summed E-state index contributed by atoms with van der Waals surface area (Å²) in [7, 11) is 0. The molecule has 6 aromatic carbocycles. The van der Waals surface area contributed by atoms with Crippen LogP contribution in [0, 0.1) is 34.6 Å². The van der Waals surface area contributed by atoms with Gasteiger partial charge < -0.3 is 0 Å². The van der Waals surface area contributed by atoms with Crippen molar-refractivity contribution >= 4 is 11.6 Å². The van der Waals surface area contributed by atoms with Crippen molar-refractivity contribution in [3.8, 4) is 68.3 Å². The summed E-state index contributed by atoms with van der Waals surface area (Å²) in [6, 6.07) is 47.3. The Hall–Kier alpha value is -9.97. The molecule has 0 saturated carbocycles. The number of halogens is 1. The van der Waals surface area contributed by atoms with E-state index in [-0.39, 0.29) is 0 Å². The van der Waals surface area contributed by atoms with E-state index < -0.39 is 0 Å². The Kier molecular flexibility index (Phi) is 18.0. The van der Waals surface area contributed by atoms with Crippen molar-refractivity contribution in [1.29, 1.82) is 0 Å². The highest BCUT2D eigenvalue weighted by atomic mass is 35.5. The number of tetrazole rings is 6. The van der Waals surface area contributed by atoms with Crippen LogP contribution < -0.4 is 0 Å². The molecule has 72 heavy (non-hydrogen) atoms. The Morgan fingerprint density at radius 1 is 0.264 bits per heavy atom. The van der Waals surface area contributed by atoms with Crippen molar-refractivity contribution < 1.29 is 0 Å². The molecule has 0 atom stereocenters. The fraction of sp³-hybridized carbons (Fsp3) is 0.106. The van der Waals surface area contributed by atoms with Crippen LogP contribution in [-0.2, 0) is 0 Å². The molecule has 6 heterocycles. The summed E-state index contributed by atoms with van der Waals surface area (Å²) in [5.41, 5.74) is 11.8. The zero-order chi connectivity index (χ0) is 50.3. The molecule has 0 fully saturated rings. The molecule has 12 aromatic rings. The van der Waals surface area contributed by atoms with E-state index in [2.05, 4.69) is 124 Å². The number of benzene rings is 6. The number of hydrogen-bond donors (Lipinski definition) is 6. The van der Waals surface area contributed by atoms with E-state index >= 15 is 0 Å². The minimum Gasteiger partial charge on any atom is -0.177 e. The number of rotatable bonds is 6. The molecule has 0 radical (unpaired) electrons. The van der Waals surface area contributed by atoms with E-state index in [0.717, 1.165) is 33.4 Å². The highest BCUT2D eigenvalue weighted by molar-refractivity contribution is 6.33. The lowest BCUT2D eigenvalue weighted by Gasteiger charge is -1.95. The molecular weight excluding hydrogens is 936 g/mol. The SMILES string of the molecule is Cc1ccc(-c2nn[nH]n2)cc1.Cc1ccc(-c2nn[nH]n2)cc1.Cc1ccc(-c2nn[nH]n2)cc1.Cc1ccc(-c2nn[nH]n2)cc1.Cc1ccc(-c2nn[nH]n2)cc1.Clc1ccccc1-c1nn[nH]n1. The molecule has 360 valence electrons. The topological polar surface area (TPSA) is 327 Å². The van der Waals surface area contributed by atoms with E-state index in [1.165, 1.54) is 27.8 Å². The van der Waals surface area contributed by atoms with Gasteiger partial charge in [0, 0.05) is 33.4 Å². The smallest absolute Gasteiger partial charge is 0.177 e. The van der Waals surface area contributed by atoms with Crippen molar-refractivity contribution in [1.82, 2.24) is 124 Å². The summed E-state index contributed by atoms with van der Waals surface area (Å²) in [5, 5.41) is 82.2. The summed E-state index contributed by atoms with van der Waals surface area (Å²) in [6.07, 6.45) is 0. The number of nitrogens with one attached hydrogen (secondary N) is 6. The maximum absolute atomic E-state index is 5.89. The zero-order valence-electron chi connectivity index (χ0n) is 39.3. The van der Waals surface area contributed by atoms with Crippen LogP contribution in [-0.4, -0.2) is 124 Å². The number of aromatic amines is 6. The first-order valence-corrected chi connectivity index (χ1v) is 22.1. The number of aryl methyl sites for hydroxylation is 5. The average Bonchev–Trinajstić information content (AvgIpc) is 4.26. The summed E-state index contributed by atoms with van der Waals surface area (Å²) >= 11 is 5.89. The van der Waals surface area contributed by atoms with Gasteiger partial charge in [0.15, 0.2) is 0 Å². The third kappa shape index (κ3) is 15.3. The first kappa shape index (κ1) is 49.9. The van der Waals surface area contributed by atoms with Crippen LogP contribution in [0.1, 0.15) is 27.8 Å². The van der Waals surface area contributed by atoms with Crippen LogP contribution in [0.2, 0.25) is 5.02 Å². The minimum absolute atomic E-state index is 0.514. The Bertz CT molecular complexity index is 2850. The van der Waals surface area contributed by atoms with E-state index in [1.54, 1.807) is 6.07 Å². The van der Waals surface area contributed by atoms with Gasteiger partial charge >= 0.3 is 0 Å². The van der Waals surface area contributed by atoms with E-state index in [0.29, 0.717) is 40.0 Å². The molecule has 25 heteroatoms.